The molecule has 1 amide bonds. The fourth-order valence-electron chi connectivity index (χ4n) is 3.83. The number of hydrogen-bond acceptors (Lipinski definition) is 4. The van der Waals surface area contributed by atoms with Crippen LogP contribution in [0.15, 0.2) is 64.6 Å². The van der Waals surface area contributed by atoms with Gasteiger partial charge in [0.15, 0.2) is 5.11 Å². The minimum absolute atomic E-state index is 0.0175. The third-order valence-corrected chi connectivity index (χ3v) is 7.38. The number of para-hydroxylation sites is 1. The molecule has 0 radical (unpaired) electrons. The number of nitrogens with zero attached hydrogens (tertiary/aromatic N) is 2. The zero-order valence-corrected chi connectivity index (χ0v) is 20.3. The van der Waals surface area contributed by atoms with Gasteiger partial charge in [0.05, 0.1) is 21.6 Å². The van der Waals surface area contributed by atoms with Crippen molar-refractivity contribution >= 4 is 56.2 Å². The lowest BCUT2D eigenvalue weighted by atomic mass is 10.0. The number of aryl methyl sites for hydroxylation is 1. The quantitative estimate of drug-likeness (QED) is 0.409. The van der Waals surface area contributed by atoms with Crippen LogP contribution in [0.1, 0.15) is 41.6 Å². The van der Waals surface area contributed by atoms with Crippen molar-refractivity contribution in [3.63, 3.8) is 0 Å². The Labute approximate surface area is 200 Å². The molecule has 2 aromatic heterocycles. The molecule has 0 aliphatic carbocycles. The van der Waals surface area contributed by atoms with Crippen LogP contribution in [0, 0.1) is 0 Å². The number of hydrogen-bond donors (Lipinski definition) is 2. The first-order chi connectivity index (χ1) is 15.1. The number of carbonyl (C=O) groups is 1. The summed E-state index contributed by atoms with van der Waals surface area (Å²) in [5.41, 5.74) is 2.94. The van der Waals surface area contributed by atoms with Gasteiger partial charge in [0.25, 0.3) is 0 Å². The molecule has 1 aliphatic rings. The van der Waals surface area contributed by atoms with Gasteiger partial charge in [-0.05, 0) is 70.5 Å². The van der Waals surface area contributed by atoms with Crippen LogP contribution in [0.2, 0.25) is 0 Å². The summed E-state index contributed by atoms with van der Waals surface area (Å²) in [7, 11) is 0. The lowest BCUT2D eigenvalue weighted by molar-refractivity contribution is -0.116. The monoisotopic (exact) mass is 514 g/mol. The van der Waals surface area contributed by atoms with Crippen molar-refractivity contribution < 1.29 is 4.79 Å². The number of benzene rings is 1. The van der Waals surface area contributed by atoms with Gasteiger partial charge in [0.1, 0.15) is 0 Å². The van der Waals surface area contributed by atoms with Crippen molar-refractivity contribution in [2.45, 2.75) is 31.8 Å². The highest BCUT2D eigenvalue weighted by atomic mass is 79.9. The number of aromatic nitrogens is 1. The number of halogens is 1. The van der Waals surface area contributed by atoms with Gasteiger partial charge in [-0.25, -0.2) is 0 Å². The Bertz CT molecular complexity index is 1070. The van der Waals surface area contributed by atoms with Gasteiger partial charge in [-0.2, -0.15) is 0 Å². The second-order valence-electron chi connectivity index (χ2n) is 7.27. The van der Waals surface area contributed by atoms with Gasteiger partial charge in [-0.3, -0.25) is 9.78 Å². The van der Waals surface area contributed by atoms with E-state index in [2.05, 4.69) is 49.4 Å². The second kappa shape index (κ2) is 9.89. The SMILES string of the molecule is CCc1ccccc1NC(=O)CCN1C(=S)N[C@@H](c2ccccn2)[C@@H]1c1ccc(Br)s1. The standard InChI is InChI=1S/C23H23BrN4OS2/c1-2-15-7-3-4-8-16(15)26-20(29)12-14-28-22(18-10-11-19(24)31-18)21(27-23(28)30)17-9-5-6-13-25-17/h3-11,13,21-22H,2,12,14H2,1H3,(H,26,29)(H,27,30)/t21-,22-/m0/s1. The molecule has 0 spiro atoms. The van der Waals surface area contributed by atoms with Crippen LogP contribution in [0.4, 0.5) is 5.69 Å². The van der Waals surface area contributed by atoms with Crippen LogP contribution in [-0.2, 0) is 11.2 Å². The van der Waals surface area contributed by atoms with Crippen molar-refractivity contribution in [2.75, 3.05) is 11.9 Å². The highest BCUT2D eigenvalue weighted by Crippen LogP contribution is 2.42. The van der Waals surface area contributed by atoms with Gasteiger partial charge in [0.2, 0.25) is 5.91 Å². The Morgan fingerprint density at radius 1 is 1.23 bits per heavy atom. The van der Waals surface area contributed by atoms with Crippen molar-refractivity contribution in [2.24, 2.45) is 0 Å². The summed E-state index contributed by atoms with van der Waals surface area (Å²) >= 11 is 10.9. The first-order valence-electron chi connectivity index (χ1n) is 10.2. The summed E-state index contributed by atoms with van der Waals surface area (Å²) in [6.07, 6.45) is 3.01. The van der Waals surface area contributed by atoms with Gasteiger partial charge < -0.3 is 15.5 Å². The number of anilines is 1. The first kappa shape index (κ1) is 21.9. The summed E-state index contributed by atoms with van der Waals surface area (Å²) in [4.78, 5) is 20.6. The van der Waals surface area contributed by atoms with Crippen molar-refractivity contribution in [1.29, 1.82) is 0 Å². The Hall–Kier alpha value is -2.29. The van der Waals surface area contributed by atoms with E-state index in [1.165, 1.54) is 4.88 Å². The largest absolute Gasteiger partial charge is 0.352 e. The van der Waals surface area contributed by atoms with E-state index in [0.29, 0.717) is 18.1 Å². The average Bonchev–Trinajstić information content (AvgIpc) is 3.35. The summed E-state index contributed by atoms with van der Waals surface area (Å²) in [5, 5.41) is 7.12. The summed E-state index contributed by atoms with van der Waals surface area (Å²) in [5.74, 6) is -0.0175. The molecule has 5 nitrogen and oxygen atoms in total. The Balaban J connectivity index is 1.52. The molecule has 3 aromatic rings. The molecular formula is C23H23BrN4OS2. The highest BCUT2D eigenvalue weighted by molar-refractivity contribution is 9.11. The maximum atomic E-state index is 12.7. The molecule has 3 heterocycles. The molecule has 0 unspecified atom stereocenters. The lowest BCUT2D eigenvalue weighted by Crippen LogP contribution is -2.32. The number of nitrogens with one attached hydrogen (secondary N) is 2. The van der Waals surface area contributed by atoms with Gasteiger partial charge in [-0.15, -0.1) is 11.3 Å². The molecule has 4 rings (SSSR count). The minimum atomic E-state index is -0.0665. The molecule has 8 heteroatoms. The van der Waals surface area contributed by atoms with Crippen LogP contribution in [0.5, 0.6) is 0 Å². The predicted molar refractivity (Wildman–Crippen MR) is 133 cm³/mol. The van der Waals surface area contributed by atoms with Crippen LogP contribution in [-0.4, -0.2) is 27.4 Å². The van der Waals surface area contributed by atoms with Crippen LogP contribution in [0.3, 0.4) is 0 Å². The number of amides is 1. The molecular weight excluding hydrogens is 492 g/mol. The van der Waals surface area contributed by atoms with E-state index < -0.39 is 0 Å². The Morgan fingerprint density at radius 3 is 2.74 bits per heavy atom. The predicted octanol–water partition coefficient (Wildman–Crippen LogP) is 5.47. The zero-order valence-electron chi connectivity index (χ0n) is 17.0. The van der Waals surface area contributed by atoms with Gasteiger partial charge >= 0.3 is 0 Å². The molecule has 2 atom stereocenters. The fraction of sp³-hybridized carbons (Fsp3) is 0.261. The van der Waals surface area contributed by atoms with Crippen molar-refractivity contribution in [1.82, 2.24) is 15.2 Å². The van der Waals surface area contributed by atoms with Crippen LogP contribution < -0.4 is 10.6 Å². The van der Waals surface area contributed by atoms with Gasteiger partial charge in [-0.1, -0.05) is 31.2 Å². The molecule has 0 saturated carbocycles. The fourth-order valence-corrected chi connectivity index (χ4v) is 5.73. The number of thiocarbonyl (C=S) groups is 1. The van der Waals surface area contributed by atoms with E-state index in [4.69, 9.17) is 12.2 Å². The first-order valence-corrected chi connectivity index (χ1v) is 12.2. The van der Waals surface area contributed by atoms with E-state index in [9.17, 15) is 4.79 Å². The molecule has 1 aromatic carbocycles. The topological polar surface area (TPSA) is 57.3 Å². The highest BCUT2D eigenvalue weighted by Gasteiger charge is 2.40. The van der Waals surface area contributed by atoms with Crippen molar-refractivity contribution in [3.05, 3.63) is 80.7 Å². The van der Waals surface area contributed by atoms with Crippen molar-refractivity contribution in [3.8, 4) is 0 Å². The van der Waals surface area contributed by atoms with Gasteiger partial charge in [0, 0.05) is 29.7 Å². The van der Waals surface area contributed by atoms with Crippen LogP contribution >= 0.6 is 39.5 Å². The summed E-state index contributed by atoms with van der Waals surface area (Å²) in [6.45, 7) is 2.61. The van der Waals surface area contributed by atoms with E-state index in [1.54, 1.807) is 17.5 Å². The van der Waals surface area contributed by atoms with E-state index in [1.807, 2.05) is 48.5 Å². The number of thiophene rings is 1. The maximum Gasteiger partial charge on any atom is 0.226 e. The number of pyridine rings is 1. The number of rotatable bonds is 7. The summed E-state index contributed by atoms with van der Waals surface area (Å²) < 4.78 is 1.06. The zero-order chi connectivity index (χ0) is 21.8. The second-order valence-corrected chi connectivity index (χ2v) is 10.2. The maximum absolute atomic E-state index is 12.7. The molecule has 1 aliphatic heterocycles. The third-order valence-electron chi connectivity index (χ3n) is 5.34. The molecule has 0 bridgehead atoms. The summed E-state index contributed by atoms with van der Waals surface area (Å²) in [6, 6.07) is 17.9. The Morgan fingerprint density at radius 2 is 2.03 bits per heavy atom. The van der Waals surface area contributed by atoms with Crippen LogP contribution in [0.25, 0.3) is 0 Å². The van der Waals surface area contributed by atoms with E-state index >= 15 is 0 Å². The third kappa shape index (κ3) is 4.97. The average molecular weight is 516 g/mol. The normalized spacial score (nSPS) is 18.1. The van der Waals surface area contributed by atoms with E-state index in [-0.39, 0.29) is 18.0 Å². The molecule has 31 heavy (non-hydrogen) atoms. The van der Waals surface area contributed by atoms with E-state index in [0.717, 1.165) is 27.2 Å². The molecule has 1 fully saturated rings. The molecule has 160 valence electrons. The molecule has 1 saturated heterocycles. The number of carbonyl (C=O) groups excluding carboxylic acids is 1. The smallest absolute Gasteiger partial charge is 0.226 e. The Kier molecular flexibility index (Phi) is 6.99. The minimum Gasteiger partial charge on any atom is -0.352 e. The lowest BCUT2D eigenvalue weighted by Gasteiger charge is -2.26. The molecule has 2 N–H and O–H groups in total.